The number of ether oxygens (including phenoxy) is 1. The van der Waals surface area contributed by atoms with Gasteiger partial charge in [0.1, 0.15) is 11.3 Å². The van der Waals surface area contributed by atoms with Crippen LogP contribution in [0.25, 0.3) is 0 Å². The monoisotopic (exact) mass is 247 g/mol. The summed E-state index contributed by atoms with van der Waals surface area (Å²) in [5.74, 6) is 2.44. The molecular formula is C15H21NO2. The molecule has 2 saturated carbocycles. The molecule has 0 aromatic heterocycles. The summed E-state index contributed by atoms with van der Waals surface area (Å²) in [6, 6.07) is 0. The lowest BCUT2D eigenvalue weighted by molar-refractivity contribution is -0.155. The molecule has 18 heavy (non-hydrogen) atoms. The summed E-state index contributed by atoms with van der Waals surface area (Å²) >= 11 is 0. The fourth-order valence-corrected chi connectivity index (χ4v) is 4.46. The summed E-state index contributed by atoms with van der Waals surface area (Å²) in [7, 11) is 0. The highest BCUT2D eigenvalue weighted by Crippen LogP contribution is 2.57. The molecular weight excluding hydrogens is 226 g/mol. The number of rotatable bonds is 2. The second-order valence-corrected chi connectivity index (χ2v) is 6.53. The van der Waals surface area contributed by atoms with Gasteiger partial charge in [0.25, 0.3) is 0 Å². The molecule has 0 saturated heterocycles. The van der Waals surface area contributed by atoms with E-state index in [1.165, 1.54) is 19.8 Å². The van der Waals surface area contributed by atoms with Crippen LogP contribution in [0.15, 0.2) is 12.2 Å². The first kappa shape index (κ1) is 11.9. The Bertz CT molecular complexity index is 428. The van der Waals surface area contributed by atoms with Crippen LogP contribution in [0.1, 0.15) is 39.5 Å². The molecule has 3 aliphatic rings. The lowest BCUT2D eigenvalue weighted by Crippen LogP contribution is -2.40. The Morgan fingerprint density at radius 1 is 1.39 bits per heavy atom. The van der Waals surface area contributed by atoms with Crippen LogP contribution < -0.4 is 0 Å². The standard InChI is InChI=1S/C15H21NO2/c1-9(16)14(17)18-15(2)7-10-6-11(8-15)13-5-3-4-12(10)13/h3-4,10-13,16H,5-8H2,1-2H3. The normalized spacial score (nSPS) is 44.8. The molecule has 3 nitrogen and oxygen atoms in total. The number of nitrogens with one attached hydrogen (secondary N) is 1. The van der Waals surface area contributed by atoms with Crippen molar-refractivity contribution < 1.29 is 9.53 Å². The van der Waals surface area contributed by atoms with Gasteiger partial charge in [0.15, 0.2) is 0 Å². The van der Waals surface area contributed by atoms with Crippen LogP contribution in [0, 0.1) is 29.1 Å². The van der Waals surface area contributed by atoms with Gasteiger partial charge < -0.3 is 4.74 Å². The van der Waals surface area contributed by atoms with Gasteiger partial charge in [-0.3, -0.25) is 5.41 Å². The third-order valence-corrected chi connectivity index (χ3v) is 5.05. The topological polar surface area (TPSA) is 50.2 Å². The van der Waals surface area contributed by atoms with E-state index >= 15 is 0 Å². The van der Waals surface area contributed by atoms with Crippen LogP contribution in [-0.2, 0) is 9.53 Å². The Labute approximate surface area is 108 Å². The molecule has 3 rings (SSSR count). The SMILES string of the molecule is CC(=N)C(=O)OC1(C)CC2CC(C1)C1CC=CC21. The largest absolute Gasteiger partial charge is 0.455 e. The van der Waals surface area contributed by atoms with E-state index in [9.17, 15) is 4.79 Å². The van der Waals surface area contributed by atoms with Crippen molar-refractivity contribution in [3.63, 3.8) is 0 Å². The predicted molar refractivity (Wildman–Crippen MR) is 69.5 cm³/mol. The Morgan fingerprint density at radius 3 is 2.83 bits per heavy atom. The van der Waals surface area contributed by atoms with Crippen molar-refractivity contribution >= 4 is 11.7 Å². The maximum Gasteiger partial charge on any atom is 0.352 e. The smallest absolute Gasteiger partial charge is 0.352 e. The average molecular weight is 247 g/mol. The van der Waals surface area contributed by atoms with Crippen LogP contribution in [0.5, 0.6) is 0 Å². The summed E-state index contributed by atoms with van der Waals surface area (Å²) in [6.07, 6.45) is 9.16. The van der Waals surface area contributed by atoms with Gasteiger partial charge >= 0.3 is 5.97 Å². The molecule has 5 atom stereocenters. The third-order valence-electron chi connectivity index (χ3n) is 5.05. The van der Waals surface area contributed by atoms with E-state index in [-0.39, 0.29) is 11.3 Å². The molecule has 5 unspecified atom stereocenters. The van der Waals surface area contributed by atoms with Gasteiger partial charge in [0.05, 0.1) is 0 Å². The van der Waals surface area contributed by atoms with E-state index in [2.05, 4.69) is 19.1 Å². The second kappa shape index (κ2) is 3.94. The first-order chi connectivity index (χ1) is 8.48. The quantitative estimate of drug-likeness (QED) is 0.463. The zero-order valence-corrected chi connectivity index (χ0v) is 11.1. The molecule has 0 aromatic carbocycles. The molecule has 98 valence electrons. The molecule has 0 radical (unpaired) electrons. The minimum Gasteiger partial charge on any atom is -0.455 e. The van der Waals surface area contributed by atoms with Gasteiger partial charge in [-0.25, -0.2) is 4.79 Å². The number of carbonyl (C=O) groups is 1. The minimum absolute atomic E-state index is 0.00855. The molecule has 3 heteroatoms. The third kappa shape index (κ3) is 1.80. The van der Waals surface area contributed by atoms with Crippen LogP contribution in [0.3, 0.4) is 0 Å². The first-order valence-corrected chi connectivity index (χ1v) is 6.94. The Kier molecular flexibility index (Phi) is 2.61. The summed E-state index contributed by atoms with van der Waals surface area (Å²) in [5.41, 5.74) is -0.334. The van der Waals surface area contributed by atoms with Gasteiger partial charge in [-0.2, -0.15) is 0 Å². The van der Waals surface area contributed by atoms with Crippen molar-refractivity contribution in [2.45, 2.75) is 45.1 Å². The Morgan fingerprint density at radius 2 is 2.11 bits per heavy atom. The molecule has 2 bridgehead atoms. The van der Waals surface area contributed by atoms with E-state index in [1.807, 2.05) is 0 Å². The molecule has 1 N–H and O–H groups in total. The van der Waals surface area contributed by atoms with Gasteiger partial charge in [-0.05, 0) is 63.2 Å². The van der Waals surface area contributed by atoms with E-state index in [1.54, 1.807) is 0 Å². The minimum atomic E-state index is -0.445. The molecule has 0 spiro atoms. The highest BCUT2D eigenvalue weighted by Gasteiger charge is 2.52. The van der Waals surface area contributed by atoms with Crippen molar-refractivity contribution in [3.05, 3.63) is 12.2 Å². The van der Waals surface area contributed by atoms with Crippen LogP contribution in [-0.4, -0.2) is 17.3 Å². The van der Waals surface area contributed by atoms with E-state index in [4.69, 9.17) is 10.1 Å². The molecule has 2 fully saturated rings. The van der Waals surface area contributed by atoms with E-state index in [0.717, 1.165) is 24.7 Å². The number of fused-ring (bicyclic) bond motifs is 5. The van der Waals surface area contributed by atoms with Crippen molar-refractivity contribution in [1.29, 1.82) is 5.41 Å². The molecule has 0 heterocycles. The Balaban J connectivity index is 1.75. The summed E-state index contributed by atoms with van der Waals surface area (Å²) < 4.78 is 5.60. The van der Waals surface area contributed by atoms with Crippen LogP contribution >= 0.6 is 0 Å². The first-order valence-electron chi connectivity index (χ1n) is 6.94. The van der Waals surface area contributed by atoms with Gasteiger partial charge in [0, 0.05) is 0 Å². The number of carbonyl (C=O) groups excluding carboxylic acids is 1. The lowest BCUT2D eigenvalue weighted by atomic mass is 9.76. The zero-order chi connectivity index (χ0) is 12.9. The van der Waals surface area contributed by atoms with E-state index < -0.39 is 5.97 Å². The lowest BCUT2D eigenvalue weighted by Gasteiger charge is -2.38. The molecule has 0 aliphatic heterocycles. The number of hydrogen-bond donors (Lipinski definition) is 1. The van der Waals surface area contributed by atoms with Crippen LogP contribution in [0.4, 0.5) is 0 Å². The van der Waals surface area contributed by atoms with Gasteiger partial charge in [0.2, 0.25) is 0 Å². The number of hydrogen-bond acceptors (Lipinski definition) is 3. The van der Waals surface area contributed by atoms with Crippen molar-refractivity contribution in [2.75, 3.05) is 0 Å². The highest BCUT2D eigenvalue weighted by atomic mass is 16.6. The summed E-state index contributed by atoms with van der Waals surface area (Å²) in [4.78, 5) is 11.6. The molecule has 3 aliphatic carbocycles. The maximum absolute atomic E-state index is 11.6. The summed E-state index contributed by atoms with van der Waals surface area (Å²) in [6.45, 7) is 3.55. The van der Waals surface area contributed by atoms with E-state index in [0.29, 0.717) is 11.8 Å². The zero-order valence-electron chi connectivity index (χ0n) is 11.1. The Hall–Kier alpha value is -1.12. The highest BCUT2D eigenvalue weighted by molar-refractivity contribution is 6.34. The molecule has 0 aromatic rings. The van der Waals surface area contributed by atoms with Crippen molar-refractivity contribution in [1.82, 2.24) is 0 Å². The fourth-order valence-electron chi connectivity index (χ4n) is 4.46. The maximum atomic E-state index is 11.6. The van der Waals surface area contributed by atoms with Crippen molar-refractivity contribution in [3.8, 4) is 0 Å². The predicted octanol–water partition coefficient (Wildman–Crippen LogP) is 2.95. The van der Waals surface area contributed by atoms with Gasteiger partial charge in [-0.15, -0.1) is 0 Å². The number of allylic oxidation sites excluding steroid dienone is 2. The summed E-state index contributed by atoms with van der Waals surface area (Å²) in [5, 5.41) is 7.36. The van der Waals surface area contributed by atoms with Crippen molar-refractivity contribution in [2.24, 2.45) is 23.7 Å². The van der Waals surface area contributed by atoms with Gasteiger partial charge in [-0.1, -0.05) is 12.2 Å². The molecule has 0 amide bonds. The fraction of sp³-hybridized carbons (Fsp3) is 0.733. The number of esters is 1. The average Bonchev–Trinajstić information content (AvgIpc) is 2.83. The van der Waals surface area contributed by atoms with Crippen LogP contribution in [0.2, 0.25) is 0 Å². The second-order valence-electron chi connectivity index (χ2n) is 6.53.